The van der Waals surface area contributed by atoms with Crippen LogP contribution in [-0.2, 0) is 5.54 Å². The van der Waals surface area contributed by atoms with E-state index in [4.69, 9.17) is 0 Å². The van der Waals surface area contributed by atoms with Crippen molar-refractivity contribution in [2.45, 2.75) is 11.6 Å². The van der Waals surface area contributed by atoms with E-state index in [1.165, 1.54) is 11.0 Å². The molecule has 0 bridgehead atoms. The molecule has 1 aliphatic rings. The van der Waals surface area contributed by atoms with E-state index < -0.39 is 35.3 Å². The molecule has 1 aliphatic heterocycles. The van der Waals surface area contributed by atoms with Gasteiger partial charge in [-0.05, 0) is 34.4 Å². The maximum absolute atomic E-state index is 14.1. The Balaban J connectivity index is 1.78. The van der Waals surface area contributed by atoms with Crippen LogP contribution in [0, 0.1) is 11.6 Å². The summed E-state index contributed by atoms with van der Waals surface area (Å²) in [7, 11) is 0. The van der Waals surface area contributed by atoms with Crippen LogP contribution < -0.4 is 0 Å². The summed E-state index contributed by atoms with van der Waals surface area (Å²) in [6.45, 7) is -0.0745. The minimum Gasteiger partial charge on any atom is -0.465 e. The highest BCUT2D eigenvalue weighted by atomic mass is 19.2. The van der Waals surface area contributed by atoms with Gasteiger partial charge in [-0.1, -0.05) is 97.1 Å². The molecule has 3 amide bonds. The Bertz CT molecular complexity index is 1300. The molecule has 180 valence electrons. The number of carboxylic acid groups (broad SMARTS) is 1. The first-order valence-corrected chi connectivity index (χ1v) is 11.4. The third-order valence-corrected chi connectivity index (χ3v) is 6.62. The van der Waals surface area contributed by atoms with E-state index in [-0.39, 0.29) is 12.1 Å². The van der Waals surface area contributed by atoms with E-state index in [1.807, 2.05) is 91.0 Å². The molecule has 0 saturated carbocycles. The average Bonchev–Trinajstić information content (AvgIpc) is 3.25. The molecular weight excluding hydrogens is 462 g/mol. The SMILES string of the molecule is O=C(O)N1C(=O)N(C(c2ccccc2)(c2ccccc2)c2ccccc2)CC1c1ccc(F)c(F)c1. The van der Waals surface area contributed by atoms with Crippen molar-refractivity contribution in [1.82, 2.24) is 9.80 Å². The zero-order chi connectivity index (χ0) is 25.3. The number of carbonyl (C=O) groups excluding carboxylic acids is 1. The first-order chi connectivity index (χ1) is 17.4. The molecule has 0 spiro atoms. The van der Waals surface area contributed by atoms with E-state index >= 15 is 0 Å². The average molecular weight is 485 g/mol. The maximum atomic E-state index is 14.1. The van der Waals surface area contributed by atoms with Gasteiger partial charge in [-0.2, -0.15) is 0 Å². The number of amides is 3. The number of rotatable bonds is 5. The molecule has 1 N–H and O–H groups in total. The van der Waals surface area contributed by atoms with E-state index in [9.17, 15) is 23.5 Å². The molecule has 0 aromatic heterocycles. The summed E-state index contributed by atoms with van der Waals surface area (Å²) >= 11 is 0. The summed E-state index contributed by atoms with van der Waals surface area (Å²) in [5.74, 6) is -2.15. The van der Waals surface area contributed by atoms with Crippen LogP contribution in [0.5, 0.6) is 0 Å². The summed E-state index contributed by atoms with van der Waals surface area (Å²) in [5.41, 5.74) is 1.27. The number of hydrogen-bond acceptors (Lipinski definition) is 2. The first kappa shape index (κ1) is 23.2. The predicted molar refractivity (Wildman–Crippen MR) is 130 cm³/mol. The summed E-state index contributed by atoms with van der Waals surface area (Å²) in [4.78, 5) is 28.5. The second kappa shape index (κ2) is 9.26. The van der Waals surface area contributed by atoms with Crippen LogP contribution in [0.1, 0.15) is 28.3 Å². The molecule has 1 unspecified atom stereocenters. The molecule has 1 atom stereocenters. The minimum absolute atomic E-state index is 0.0745. The smallest absolute Gasteiger partial charge is 0.416 e. The zero-order valence-corrected chi connectivity index (χ0v) is 19.1. The number of halogens is 2. The van der Waals surface area contributed by atoms with Gasteiger partial charge in [-0.25, -0.2) is 23.3 Å². The van der Waals surface area contributed by atoms with Gasteiger partial charge in [0.1, 0.15) is 5.54 Å². The van der Waals surface area contributed by atoms with Crippen molar-refractivity contribution in [2.75, 3.05) is 6.54 Å². The van der Waals surface area contributed by atoms with Crippen LogP contribution in [0.15, 0.2) is 109 Å². The predicted octanol–water partition coefficient (Wildman–Crippen LogP) is 6.41. The number of carbonyl (C=O) groups is 2. The normalized spacial score (nSPS) is 15.8. The van der Waals surface area contributed by atoms with Crippen LogP contribution >= 0.6 is 0 Å². The molecular formula is C29H22F2N2O3. The van der Waals surface area contributed by atoms with Gasteiger partial charge in [0.05, 0.1) is 6.04 Å². The molecule has 1 heterocycles. The Kier molecular flexibility index (Phi) is 5.98. The molecule has 0 aliphatic carbocycles. The van der Waals surface area contributed by atoms with E-state index in [2.05, 4.69) is 0 Å². The van der Waals surface area contributed by atoms with Crippen molar-refractivity contribution in [3.63, 3.8) is 0 Å². The van der Waals surface area contributed by atoms with Crippen LogP contribution in [0.2, 0.25) is 0 Å². The Morgan fingerprint density at radius 2 is 1.22 bits per heavy atom. The standard InChI is InChI=1S/C29H22F2N2O3/c30-24-17-16-20(18-25(24)31)26-19-32(27(34)33(26)28(35)36)29(21-10-4-1-5-11-21,22-12-6-2-7-13-22)23-14-8-3-9-15-23/h1-18,26H,19H2,(H,35,36). The Hall–Kier alpha value is -4.52. The molecule has 4 aromatic carbocycles. The molecule has 4 aromatic rings. The van der Waals surface area contributed by atoms with Crippen molar-refractivity contribution in [3.05, 3.63) is 143 Å². The quantitative estimate of drug-likeness (QED) is 0.333. The molecule has 5 rings (SSSR count). The van der Waals surface area contributed by atoms with Crippen LogP contribution in [-0.4, -0.2) is 33.6 Å². The van der Waals surface area contributed by atoms with Crippen LogP contribution in [0.25, 0.3) is 0 Å². The van der Waals surface area contributed by atoms with Gasteiger partial charge < -0.3 is 10.0 Å². The largest absolute Gasteiger partial charge is 0.465 e. The number of imide groups is 1. The minimum atomic E-state index is -1.47. The third-order valence-electron chi connectivity index (χ3n) is 6.62. The van der Waals surface area contributed by atoms with Gasteiger partial charge in [-0.15, -0.1) is 0 Å². The molecule has 1 fully saturated rings. The molecule has 7 heteroatoms. The molecule has 1 saturated heterocycles. The Morgan fingerprint density at radius 3 is 1.64 bits per heavy atom. The highest BCUT2D eigenvalue weighted by Crippen LogP contribution is 2.47. The van der Waals surface area contributed by atoms with Gasteiger partial charge in [0.15, 0.2) is 11.6 Å². The second-order valence-electron chi connectivity index (χ2n) is 8.54. The first-order valence-electron chi connectivity index (χ1n) is 11.4. The monoisotopic (exact) mass is 484 g/mol. The van der Waals surface area contributed by atoms with Crippen molar-refractivity contribution >= 4 is 12.1 Å². The fourth-order valence-corrected chi connectivity index (χ4v) is 5.07. The lowest BCUT2D eigenvalue weighted by molar-refractivity contribution is 0.138. The van der Waals surface area contributed by atoms with Crippen molar-refractivity contribution in [2.24, 2.45) is 0 Å². The highest BCUT2D eigenvalue weighted by molar-refractivity contribution is 5.94. The number of benzene rings is 4. The highest BCUT2D eigenvalue weighted by Gasteiger charge is 2.53. The lowest BCUT2D eigenvalue weighted by atomic mass is 9.75. The molecule has 0 radical (unpaired) electrons. The van der Waals surface area contributed by atoms with E-state index in [0.717, 1.165) is 28.8 Å². The van der Waals surface area contributed by atoms with Crippen molar-refractivity contribution in [1.29, 1.82) is 0 Å². The van der Waals surface area contributed by atoms with Crippen LogP contribution in [0.3, 0.4) is 0 Å². The lowest BCUT2D eigenvalue weighted by Crippen LogP contribution is -2.50. The fourth-order valence-electron chi connectivity index (χ4n) is 5.07. The summed E-state index contributed by atoms with van der Waals surface area (Å²) in [6, 6.07) is 29.5. The number of nitrogens with zero attached hydrogens (tertiary/aromatic N) is 2. The maximum Gasteiger partial charge on any atom is 0.416 e. The Labute approximate surface area is 206 Å². The number of urea groups is 1. The van der Waals surface area contributed by atoms with Crippen molar-refractivity contribution in [3.8, 4) is 0 Å². The molecule has 5 nitrogen and oxygen atoms in total. The van der Waals surface area contributed by atoms with Gasteiger partial charge in [0.2, 0.25) is 0 Å². The van der Waals surface area contributed by atoms with Gasteiger partial charge >= 0.3 is 12.1 Å². The van der Waals surface area contributed by atoms with Gasteiger partial charge in [0, 0.05) is 6.54 Å². The summed E-state index contributed by atoms with van der Waals surface area (Å²) in [6.07, 6.45) is -1.47. The topological polar surface area (TPSA) is 60.9 Å². The van der Waals surface area contributed by atoms with Crippen molar-refractivity contribution < 1.29 is 23.5 Å². The van der Waals surface area contributed by atoms with E-state index in [1.54, 1.807) is 0 Å². The van der Waals surface area contributed by atoms with Crippen LogP contribution in [0.4, 0.5) is 18.4 Å². The molecule has 36 heavy (non-hydrogen) atoms. The number of hydrogen-bond donors (Lipinski definition) is 1. The second-order valence-corrected chi connectivity index (χ2v) is 8.54. The summed E-state index contributed by atoms with van der Waals surface area (Å²) < 4.78 is 27.8. The zero-order valence-electron chi connectivity index (χ0n) is 19.1. The summed E-state index contributed by atoms with van der Waals surface area (Å²) in [5, 5.41) is 10.0. The lowest BCUT2D eigenvalue weighted by Gasteiger charge is -2.43. The Morgan fingerprint density at radius 1 is 0.750 bits per heavy atom. The third kappa shape index (κ3) is 3.69. The van der Waals surface area contributed by atoms with Gasteiger partial charge in [-0.3, -0.25) is 0 Å². The van der Waals surface area contributed by atoms with Gasteiger partial charge in [0.25, 0.3) is 0 Å². The fraction of sp³-hybridized carbons (Fsp3) is 0.103. The van der Waals surface area contributed by atoms with E-state index in [0.29, 0.717) is 4.90 Å².